The van der Waals surface area contributed by atoms with Gasteiger partial charge >= 0.3 is 0 Å². The molecule has 1 aliphatic carbocycles. The zero-order valence-electron chi connectivity index (χ0n) is 14.6. The van der Waals surface area contributed by atoms with E-state index in [9.17, 15) is 15.3 Å². The van der Waals surface area contributed by atoms with E-state index in [0.717, 1.165) is 24.1 Å². The van der Waals surface area contributed by atoms with Crippen LogP contribution >= 0.6 is 0 Å². The molecule has 0 bridgehead atoms. The Labute approximate surface area is 157 Å². The molecule has 0 amide bonds. The molecule has 27 heavy (non-hydrogen) atoms. The number of nitriles is 2. The van der Waals surface area contributed by atoms with Crippen LogP contribution in [0.15, 0.2) is 53.2 Å². The van der Waals surface area contributed by atoms with Crippen LogP contribution in [-0.2, 0) is 4.79 Å². The van der Waals surface area contributed by atoms with Crippen LogP contribution in [0, 0.1) is 34.0 Å². The maximum absolute atomic E-state index is 13.4. The van der Waals surface area contributed by atoms with Crippen molar-refractivity contribution in [3.8, 4) is 12.1 Å². The lowest BCUT2D eigenvalue weighted by Crippen LogP contribution is -2.44. The largest absolute Gasteiger partial charge is 0.469 e. The highest BCUT2D eigenvalue weighted by atomic mass is 16.3. The lowest BCUT2D eigenvalue weighted by Gasteiger charge is -2.35. The summed E-state index contributed by atoms with van der Waals surface area (Å²) in [6.07, 6.45) is 7.13. The third-order valence-corrected chi connectivity index (χ3v) is 6.04. The van der Waals surface area contributed by atoms with Crippen molar-refractivity contribution >= 4 is 17.5 Å². The number of anilines is 1. The van der Waals surface area contributed by atoms with Gasteiger partial charge in [0.1, 0.15) is 11.8 Å². The Kier molecular flexibility index (Phi) is 3.29. The van der Waals surface area contributed by atoms with Gasteiger partial charge < -0.3 is 9.32 Å². The number of para-hydroxylation sites is 1. The molecule has 0 N–H and O–H groups in total. The predicted octanol–water partition coefficient (Wildman–Crippen LogP) is 3.66. The van der Waals surface area contributed by atoms with E-state index >= 15 is 0 Å². The average molecular weight is 355 g/mol. The number of hydrogen-bond acceptors (Lipinski definition) is 5. The topological polar surface area (TPSA) is 81.0 Å². The van der Waals surface area contributed by atoms with Crippen molar-refractivity contribution in [2.75, 3.05) is 4.90 Å². The Morgan fingerprint density at radius 1 is 1.15 bits per heavy atom. The number of hydrogen-bond donors (Lipinski definition) is 0. The minimum absolute atomic E-state index is 0.0133. The zero-order valence-corrected chi connectivity index (χ0v) is 14.6. The van der Waals surface area contributed by atoms with Crippen LogP contribution in [-0.4, -0.2) is 17.9 Å². The predicted molar refractivity (Wildman–Crippen MR) is 98.4 cm³/mol. The highest BCUT2D eigenvalue weighted by Gasteiger charge is 2.65. The van der Waals surface area contributed by atoms with Crippen LogP contribution in [0.5, 0.6) is 0 Å². The first-order chi connectivity index (χ1) is 13.2. The molecule has 3 heterocycles. The molecule has 0 unspecified atom stereocenters. The maximum Gasteiger partial charge on any atom is 0.179 e. The summed E-state index contributed by atoms with van der Waals surface area (Å²) in [5.74, 6) is 0.0204. The summed E-state index contributed by atoms with van der Waals surface area (Å²) in [5.41, 5.74) is 0.497. The highest BCUT2D eigenvalue weighted by molar-refractivity contribution is 5.95. The number of ketones is 1. The van der Waals surface area contributed by atoms with Gasteiger partial charge in [0.05, 0.1) is 30.4 Å². The standard InChI is InChI=1S/C22H17N3O2/c23-12-22(13-24)18-10-9-14-4-1-2-5-16(14)25(18)20(21(26)15-7-8-15)19(22)17-6-3-11-27-17/h1-6,9-11,15,18-20H,7-8H2/t18-,19+,20+/m1/s1. The minimum atomic E-state index is -1.39. The third-order valence-electron chi connectivity index (χ3n) is 6.04. The first kappa shape index (κ1) is 15.9. The van der Waals surface area contributed by atoms with Crippen LogP contribution in [0.2, 0.25) is 0 Å². The minimum Gasteiger partial charge on any atom is -0.469 e. The normalized spacial score (nSPS) is 27.3. The lowest BCUT2D eigenvalue weighted by molar-refractivity contribution is -0.121. The number of carbonyl (C=O) groups is 1. The van der Waals surface area contributed by atoms with E-state index in [1.54, 1.807) is 12.1 Å². The van der Waals surface area contributed by atoms with Crippen molar-refractivity contribution < 1.29 is 9.21 Å². The smallest absolute Gasteiger partial charge is 0.179 e. The molecule has 2 aromatic rings. The summed E-state index contributed by atoms with van der Waals surface area (Å²) in [4.78, 5) is 15.4. The number of nitrogens with zero attached hydrogens (tertiary/aromatic N) is 3. The Morgan fingerprint density at radius 2 is 1.93 bits per heavy atom. The number of fused-ring (bicyclic) bond motifs is 3. The number of rotatable bonds is 3. The van der Waals surface area contributed by atoms with Gasteiger partial charge in [0.2, 0.25) is 0 Å². The van der Waals surface area contributed by atoms with Gasteiger partial charge in [0.25, 0.3) is 0 Å². The zero-order chi connectivity index (χ0) is 18.6. The van der Waals surface area contributed by atoms with Crippen molar-refractivity contribution in [3.05, 3.63) is 60.1 Å². The molecule has 2 fully saturated rings. The first-order valence-corrected chi connectivity index (χ1v) is 9.16. The van der Waals surface area contributed by atoms with Gasteiger partial charge in [-0.3, -0.25) is 4.79 Å². The summed E-state index contributed by atoms with van der Waals surface area (Å²) in [5, 5.41) is 20.3. The first-order valence-electron chi connectivity index (χ1n) is 9.16. The second-order valence-electron chi connectivity index (χ2n) is 7.48. The monoisotopic (exact) mass is 355 g/mol. The van der Waals surface area contributed by atoms with Gasteiger partial charge in [-0.25, -0.2) is 0 Å². The van der Waals surface area contributed by atoms with Crippen LogP contribution in [0.25, 0.3) is 6.08 Å². The Hall–Kier alpha value is -3.31. The second kappa shape index (κ2) is 5.59. The molecule has 1 aromatic heterocycles. The van der Waals surface area contributed by atoms with E-state index in [1.807, 2.05) is 41.3 Å². The molecule has 3 atom stereocenters. The number of benzene rings is 1. The Bertz CT molecular complexity index is 1010. The maximum atomic E-state index is 13.4. The number of Topliss-reactive ketones (excluding diaryl/α,β-unsaturated/α-hetero) is 1. The summed E-state index contributed by atoms with van der Waals surface area (Å²) >= 11 is 0. The van der Waals surface area contributed by atoms with Gasteiger partial charge in [0.15, 0.2) is 11.2 Å². The molecular weight excluding hydrogens is 338 g/mol. The summed E-state index contributed by atoms with van der Waals surface area (Å²) < 4.78 is 5.65. The molecular formula is C22H17N3O2. The second-order valence-corrected chi connectivity index (χ2v) is 7.48. The fraction of sp³-hybridized carbons (Fsp3) is 0.318. The van der Waals surface area contributed by atoms with E-state index < -0.39 is 23.4 Å². The Balaban J connectivity index is 1.77. The van der Waals surface area contributed by atoms with E-state index in [4.69, 9.17) is 4.42 Å². The number of carbonyl (C=O) groups excluding carboxylic acids is 1. The molecule has 1 saturated heterocycles. The summed E-state index contributed by atoms with van der Waals surface area (Å²) in [7, 11) is 0. The molecule has 1 aromatic carbocycles. The summed E-state index contributed by atoms with van der Waals surface area (Å²) in [6.45, 7) is 0. The molecule has 5 nitrogen and oxygen atoms in total. The molecule has 1 saturated carbocycles. The average Bonchev–Trinajstić information content (AvgIpc) is 3.33. The van der Waals surface area contributed by atoms with E-state index in [2.05, 4.69) is 12.1 Å². The van der Waals surface area contributed by atoms with E-state index in [0.29, 0.717) is 5.76 Å². The van der Waals surface area contributed by atoms with Crippen LogP contribution in [0.3, 0.4) is 0 Å². The Morgan fingerprint density at radius 3 is 2.59 bits per heavy atom. The van der Waals surface area contributed by atoms with Crippen molar-refractivity contribution in [1.29, 1.82) is 10.5 Å². The molecule has 5 heteroatoms. The van der Waals surface area contributed by atoms with Gasteiger partial charge in [-0.15, -0.1) is 0 Å². The third kappa shape index (κ3) is 2.06. The van der Waals surface area contributed by atoms with Gasteiger partial charge in [-0.2, -0.15) is 10.5 Å². The van der Waals surface area contributed by atoms with Gasteiger partial charge in [0, 0.05) is 11.6 Å². The van der Waals surface area contributed by atoms with Crippen molar-refractivity contribution in [3.63, 3.8) is 0 Å². The fourth-order valence-corrected chi connectivity index (χ4v) is 4.64. The fourth-order valence-electron chi connectivity index (χ4n) is 4.64. The highest BCUT2D eigenvalue weighted by Crippen LogP contribution is 2.56. The molecule has 2 aliphatic heterocycles. The van der Waals surface area contributed by atoms with Gasteiger partial charge in [-0.05, 0) is 36.6 Å². The molecule has 0 radical (unpaired) electrons. The van der Waals surface area contributed by atoms with Crippen molar-refractivity contribution in [1.82, 2.24) is 0 Å². The molecule has 3 aliphatic rings. The molecule has 132 valence electrons. The quantitative estimate of drug-likeness (QED) is 0.839. The van der Waals surface area contributed by atoms with E-state index in [-0.39, 0.29) is 11.7 Å². The SMILES string of the molecule is N#CC1(C#N)[C@@H](c2ccco2)[C@@H](C(=O)C2CC2)N2c3ccccc3C=C[C@@H]21. The summed E-state index contributed by atoms with van der Waals surface area (Å²) in [6, 6.07) is 14.8. The molecule has 0 spiro atoms. The van der Waals surface area contributed by atoms with Crippen LogP contribution < -0.4 is 4.90 Å². The van der Waals surface area contributed by atoms with Crippen LogP contribution in [0.4, 0.5) is 5.69 Å². The number of furan rings is 1. The van der Waals surface area contributed by atoms with Crippen molar-refractivity contribution in [2.45, 2.75) is 30.8 Å². The lowest BCUT2D eigenvalue weighted by atomic mass is 9.71. The van der Waals surface area contributed by atoms with Crippen molar-refractivity contribution in [2.24, 2.45) is 11.3 Å². The van der Waals surface area contributed by atoms with Gasteiger partial charge in [-0.1, -0.05) is 30.4 Å². The molecule has 5 rings (SSSR count). The van der Waals surface area contributed by atoms with Crippen LogP contribution in [0.1, 0.15) is 30.1 Å². The van der Waals surface area contributed by atoms with E-state index in [1.165, 1.54) is 6.26 Å².